The first-order chi connectivity index (χ1) is 10.6. The van der Waals surface area contributed by atoms with E-state index in [1.54, 1.807) is 0 Å². The largest absolute Gasteiger partial charge is 0.468 e. The Morgan fingerprint density at radius 2 is 2.00 bits per heavy atom. The van der Waals surface area contributed by atoms with Crippen LogP contribution in [0.15, 0.2) is 17.1 Å². The van der Waals surface area contributed by atoms with Crippen molar-refractivity contribution in [3.63, 3.8) is 0 Å². The molecule has 8 nitrogen and oxygen atoms in total. The summed E-state index contributed by atoms with van der Waals surface area (Å²) in [5, 5.41) is 0. The third-order valence-corrected chi connectivity index (χ3v) is 2.94. The van der Waals surface area contributed by atoms with Gasteiger partial charge in [-0.2, -0.15) is 4.98 Å². The summed E-state index contributed by atoms with van der Waals surface area (Å²) in [5.74, 6) is -0.199. The molecule has 8 heteroatoms. The molecule has 0 fully saturated rings. The number of anilines is 1. The minimum Gasteiger partial charge on any atom is -0.468 e. The molecule has 0 radical (unpaired) electrons. The topological polar surface area (TPSA) is 114 Å². The summed E-state index contributed by atoms with van der Waals surface area (Å²) in [4.78, 5) is 36.5. The van der Waals surface area contributed by atoms with Crippen LogP contribution in [0.25, 0.3) is 0 Å². The van der Waals surface area contributed by atoms with Crippen LogP contribution in [0, 0.1) is 0 Å². The molecule has 1 aromatic heterocycles. The molecule has 0 atom stereocenters. The lowest BCUT2D eigenvalue weighted by Gasteiger charge is -2.06. The van der Waals surface area contributed by atoms with Crippen LogP contribution in [0.5, 0.6) is 0 Å². The number of ether oxygens (including phenoxy) is 2. The summed E-state index contributed by atoms with van der Waals surface area (Å²) in [6, 6.07) is 1.50. The molecule has 1 rings (SSSR count). The maximum absolute atomic E-state index is 11.5. The van der Waals surface area contributed by atoms with Crippen molar-refractivity contribution in [2.24, 2.45) is 0 Å². The number of carbonyl (C=O) groups excluding carboxylic acids is 2. The van der Waals surface area contributed by atoms with Gasteiger partial charge in [0.1, 0.15) is 5.82 Å². The predicted molar refractivity (Wildman–Crippen MR) is 79.0 cm³/mol. The van der Waals surface area contributed by atoms with E-state index in [0.29, 0.717) is 19.7 Å². The number of esters is 1. The highest BCUT2D eigenvalue weighted by atomic mass is 16.5. The molecule has 1 aromatic rings. The van der Waals surface area contributed by atoms with E-state index in [2.05, 4.69) is 9.72 Å². The second-order valence-corrected chi connectivity index (χ2v) is 4.68. The number of aromatic nitrogens is 2. The number of hydrogen-bond acceptors (Lipinski definition) is 7. The van der Waals surface area contributed by atoms with Crippen molar-refractivity contribution >= 4 is 18.3 Å². The molecule has 0 unspecified atom stereocenters. The molecule has 1 heterocycles. The molecule has 0 spiro atoms. The molecular weight excluding hydrogens is 290 g/mol. The first-order valence-electron chi connectivity index (χ1n) is 7.17. The molecule has 0 aliphatic carbocycles. The smallest absolute Gasteiger partial charge is 0.349 e. The van der Waals surface area contributed by atoms with Gasteiger partial charge in [-0.3, -0.25) is 14.2 Å². The second-order valence-electron chi connectivity index (χ2n) is 4.68. The molecule has 0 aromatic carbocycles. The van der Waals surface area contributed by atoms with Gasteiger partial charge in [0.25, 0.3) is 6.47 Å². The van der Waals surface area contributed by atoms with Crippen LogP contribution in [0.2, 0.25) is 0 Å². The molecule has 0 aliphatic heterocycles. The zero-order valence-corrected chi connectivity index (χ0v) is 12.4. The van der Waals surface area contributed by atoms with Crippen molar-refractivity contribution in [3.05, 3.63) is 22.7 Å². The fourth-order valence-electron chi connectivity index (χ4n) is 1.77. The van der Waals surface area contributed by atoms with Crippen LogP contribution in [0.3, 0.4) is 0 Å². The van der Waals surface area contributed by atoms with Gasteiger partial charge in [0.15, 0.2) is 0 Å². The van der Waals surface area contributed by atoms with Gasteiger partial charge < -0.3 is 15.2 Å². The average molecular weight is 311 g/mol. The van der Waals surface area contributed by atoms with Crippen LogP contribution in [-0.2, 0) is 25.6 Å². The SMILES string of the molecule is Nc1ccn(CCC(=O)OCCCCCCOC=O)c(=O)n1. The van der Waals surface area contributed by atoms with Crippen LogP contribution < -0.4 is 11.4 Å². The summed E-state index contributed by atoms with van der Waals surface area (Å²) < 4.78 is 10.9. The molecule has 0 amide bonds. The van der Waals surface area contributed by atoms with E-state index in [1.165, 1.54) is 16.8 Å². The summed E-state index contributed by atoms with van der Waals surface area (Å²) in [6.07, 6.45) is 4.99. The molecular formula is C14H21N3O5. The van der Waals surface area contributed by atoms with Crippen LogP contribution in [0.4, 0.5) is 5.82 Å². The summed E-state index contributed by atoms with van der Waals surface area (Å²) in [5.41, 5.74) is 4.89. The Morgan fingerprint density at radius 3 is 2.68 bits per heavy atom. The third-order valence-electron chi connectivity index (χ3n) is 2.94. The van der Waals surface area contributed by atoms with E-state index in [4.69, 9.17) is 10.5 Å². The lowest BCUT2D eigenvalue weighted by Crippen LogP contribution is -2.24. The van der Waals surface area contributed by atoms with Crippen molar-refractivity contribution in [3.8, 4) is 0 Å². The van der Waals surface area contributed by atoms with Crippen molar-refractivity contribution in [2.75, 3.05) is 18.9 Å². The Bertz CT molecular complexity index is 529. The van der Waals surface area contributed by atoms with E-state index in [1.807, 2.05) is 0 Å². The Labute approximate surface area is 128 Å². The summed E-state index contributed by atoms with van der Waals surface area (Å²) >= 11 is 0. The lowest BCUT2D eigenvalue weighted by atomic mass is 10.2. The first kappa shape index (κ1) is 17.7. The quantitative estimate of drug-likeness (QED) is 0.359. The average Bonchev–Trinajstić information content (AvgIpc) is 2.49. The van der Waals surface area contributed by atoms with Gasteiger partial charge in [-0.1, -0.05) is 0 Å². The first-order valence-corrected chi connectivity index (χ1v) is 7.17. The normalized spacial score (nSPS) is 10.2. The monoisotopic (exact) mass is 311 g/mol. The molecule has 0 bridgehead atoms. The van der Waals surface area contributed by atoms with Crippen molar-refractivity contribution < 1.29 is 19.1 Å². The van der Waals surface area contributed by atoms with Gasteiger partial charge >= 0.3 is 11.7 Å². The number of carbonyl (C=O) groups is 2. The fraction of sp³-hybridized carbons (Fsp3) is 0.571. The minimum atomic E-state index is -0.481. The Balaban J connectivity index is 2.09. The van der Waals surface area contributed by atoms with Crippen LogP contribution in [0.1, 0.15) is 32.1 Å². The number of hydrogen-bond donors (Lipinski definition) is 1. The Hall–Kier alpha value is -2.38. The highest BCUT2D eigenvalue weighted by Gasteiger charge is 2.05. The van der Waals surface area contributed by atoms with Crippen LogP contribution in [-0.4, -0.2) is 35.2 Å². The highest BCUT2D eigenvalue weighted by molar-refractivity contribution is 5.69. The van der Waals surface area contributed by atoms with E-state index < -0.39 is 5.69 Å². The number of rotatable bonds is 11. The molecule has 122 valence electrons. The van der Waals surface area contributed by atoms with E-state index in [-0.39, 0.29) is 24.8 Å². The highest BCUT2D eigenvalue weighted by Crippen LogP contribution is 2.01. The minimum absolute atomic E-state index is 0.110. The summed E-state index contributed by atoms with van der Waals surface area (Å²) in [6.45, 7) is 1.42. The number of nitrogens with two attached hydrogens (primary N) is 1. The zero-order chi connectivity index (χ0) is 16.2. The van der Waals surface area contributed by atoms with Gasteiger partial charge in [-0.15, -0.1) is 0 Å². The van der Waals surface area contributed by atoms with Gasteiger partial charge in [-0.05, 0) is 31.7 Å². The molecule has 0 saturated carbocycles. The zero-order valence-electron chi connectivity index (χ0n) is 12.4. The molecule has 0 aliphatic rings. The Kier molecular flexibility index (Phi) is 8.32. The third kappa shape index (κ3) is 7.41. The summed E-state index contributed by atoms with van der Waals surface area (Å²) in [7, 11) is 0. The van der Waals surface area contributed by atoms with E-state index in [0.717, 1.165) is 25.7 Å². The molecule has 2 N–H and O–H groups in total. The maximum Gasteiger partial charge on any atom is 0.349 e. The number of unbranched alkanes of at least 4 members (excludes halogenated alkanes) is 3. The lowest BCUT2D eigenvalue weighted by molar-refractivity contribution is -0.144. The standard InChI is InChI=1S/C14H21N3O5/c15-12-5-7-17(14(20)16-12)8-6-13(19)22-10-4-2-1-3-9-21-11-18/h5,7,11H,1-4,6,8-10H2,(H2,15,16,20). The predicted octanol–water partition coefficient (Wildman–Crippen LogP) is 0.492. The second kappa shape index (κ2) is 10.4. The van der Waals surface area contributed by atoms with E-state index >= 15 is 0 Å². The molecule has 0 saturated heterocycles. The Morgan fingerprint density at radius 1 is 1.27 bits per heavy atom. The number of nitrogen functional groups attached to an aromatic ring is 1. The van der Waals surface area contributed by atoms with Crippen molar-refractivity contribution in [1.29, 1.82) is 0 Å². The van der Waals surface area contributed by atoms with Crippen LogP contribution >= 0.6 is 0 Å². The number of nitrogens with zero attached hydrogens (tertiary/aromatic N) is 2. The fourth-order valence-corrected chi connectivity index (χ4v) is 1.77. The molecule has 22 heavy (non-hydrogen) atoms. The van der Waals surface area contributed by atoms with Gasteiger partial charge in [0.2, 0.25) is 0 Å². The van der Waals surface area contributed by atoms with Crippen molar-refractivity contribution in [1.82, 2.24) is 9.55 Å². The van der Waals surface area contributed by atoms with Gasteiger partial charge in [-0.25, -0.2) is 4.79 Å². The number of aryl methyl sites for hydroxylation is 1. The van der Waals surface area contributed by atoms with Gasteiger partial charge in [0.05, 0.1) is 19.6 Å². The van der Waals surface area contributed by atoms with Gasteiger partial charge in [0, 0.05) is 12.7 Å². The van der Waals surface area contributed by atoms with Crippen molar-refractivity contribution in [2.45, 2.75) is 38.6 Å². The maximum atomic E-state index is 11.5. The van der Waals surface area contributed by atoms with E-state index in [9.17, 15) is 14.4 Å².